The fraction of sp³-hybridized carbons (Fsp3) is 0.611. The van der Waals surface area contributed by atoms with Crippen molar-refractivity contribution in [2.75, 3.05) is 6.61 Å². The maximum Gasteiger partial charge on any atom is 0.329 e. The third-order valence-corrected chi connectivity index (χ3v) is 5.85. The van der Waals surface area contributed by atoms with Gasteiger partial charge in [0.2, 0.25) is 0 Å². The number of carbonyl (C=O) groups excluding carboxylic acids is 1. The minimum absolute atomic E-state index is 0.104. The lowest BCUT2D eigenvalue weighted by atomic mass is 9.89. The summed E-state index contributed by atoms with van der Waals surface area (Å²) in [6.07, 6.45) is 5.84. The highest BCUT2D eigenvalue weighted by atomic mass is 32.1. The molecule has 0 N–H and O–H groups in total. The number of rotatable bonds is 5. The molecule has 2 atom stereocenters. The normalized spacial score (nSPS) is 18.4. The summed E-state index contributed by atoms with van der Waals surface area (Å²) in [4.78, 5) is 31.9. The first-order chi connectivity index (χ1) is 11.6. The van der Waals surface area contributed by atoms with E-state index in [-0.39, 0.29) is 11.5 Å². The molecule has 1 aliphatic rings. The highest BCUT2D eigenvalue weighted by molar-refractivity contribution is 7.18. The molecule has 2 aromatic rings. The molecule has 0 aliphatic heterocycles. The van der Waals surface area contributed by atoms with Crippen LogP contribution in [0.2, 0.25) is 0 Å². The van der Waals surface area contributed by atoms with Gasteiger partial charge in [-0.3, -0.25) is 9.36 Å². The van der Waals surface area contributed by atoms with Gasteiger partial charge in [-0.1, -0.05) is 20.8 Å². The first-order valence-electron chi connectivity index (χ1n) is 8.74. The van der Waals surface area contributed by atoms with Crippen LogP contribution in [0.3, 0.4) is 0 Å². The summed E-state index contributed by atoms with van der Waals surface area (Å²) in [5, 5.41) is 0.714. The third-order valence-electron chi connectivity index (χ3n) is 4.68. The molecular weight excluding hydrogens is 324 g/mol. The van der Waals surface area contributed by atoms with Gasteiger partial charge in [-0.05, 0) is 43.6 Å². The number of aromatic nitrogens is 2. The Labute approximate surface area is 145 Å². The van der Waals surface area contributed by atoms with E-state index in [9.17, 15) is 9.59 Å². The van der Waals surface area contributed by atoms with E-state index in [1.165, 1.54) is 15.8 Å². The maximum atomic E-state index is 13.0. The van der Waals surface area contributed by atoms with Crippen LogP contribution in [0, 0.1) is 5.92 Å². The van der Waals surface area contributed by atoms with Gasteiger partial charge in [0, 0.05) is 4.88 Å². The number of fused-ring (bicyclic) bond motifs is 3. The van der Waals surface area contributed by atoms with Gasteiger partial charge in [0.15, 0.2) is 0 Å². The van der Waals surface area contributed by atoms with E-state index in [1.54, 1.807) is 11.3 Å². The van der Waals surface area contributed by atoms with Gasteiger partial charge in [-0.15, -0.1) is 11.3 Å². The van der Waals surface area contributed by atoms with Crippen molar-refractivity contribution in [1.29, 1.82) is 0 Å². The first-order valence-corrected chi connectivity index (χ1v) is 9.56. The lowest BCUT2D eigenvalue weighted by Crippen LogP contribution is -2.31. The second-order valence-electron chi connectivity index (χ2n) is 6.58. The molecule has 0 fully saturated rings. The molecule has 2 aromatic heterocycles. The Morgan fingerprint density at radius 3 is 3.00 bits per heavy atom. The molecule has 6 heteroatoms. The standard InChI is InChI=1S/C18H24N2O3S/c1-4-8-23-18(22)13(5-2)20-10-19-16-15(17(20)21)12-7-6-11(3)9-14(12)24-16/h10-11,13H,4-9H2,1-3H3/t11-,13+/m0/s1. The van der Waals surface area contributed by atoms with Crippen molar-refractivity contribution in [3.63, 3.8) is 0 Å². The monoisotopic (exact) mass is 348 g/mol. The molecule has 3 rings (SSSR count). The molecule has 0 radical (unpaired) electrons. The smallest absolute Gasteiger partial charge is 0.329 e. The van der Waals surface area contributed by atoms with Gasteiger partial charge in [0.1, 0.15) is 10.9 Å². The predicted molar refractivity (Wildman–Crippen MR) is 95.6 cm³/mol. The van der Waals surface area contributed by atoms with Crippen LogP contribution in [-0.2, 0) is 22.4 Å². The zero-order valence-corrected chi connectivity index (χ0v) is 15.3. The number of ether oxygens (including phenoxy) is 1. The predicted octanol–water partition coefficient (Wildman–Crippen LogP) is 3.49. The Balaban J connectivity index is 2.05. The van der Waals surface area contributed by atoms with Crippen molar-refractivity contribution in [3.8, 4) is 0 Å². The van der Waals surface area contributed by atoms with Crippen molar-refractivity contribution in [3.05, 3.63) is 27.1 Å². The number of aryl methyl sites for hydroxylation is 1. The van der Waals surface area contributed by atoms with Crippen molar-refractivity contribution in [2.45, 2.75) is 58.9 Å². The summed E-state index contributed by atoms with van der Waals surface area (Å²) in [6.45, 7) is 6.47. The Morgan fingerprint density at radius 2 is 2.29 bits per heavy atom. The second kappa shape index (κ2) is 7.05. The minimum atomic E-state index is -0.598. The van der Waals surface area contributed by atoms with Crippen LogP contribution in [-0.4, -0.2) is 22.1 Å². The topological polar surface area (TPSA) is 61.2 Å². The Hall–Kier alpha value is -1.69. The molecule has 24 heavy (non-hydrogen) atoms. The molecule has 0 aromatic carbocycles. The van der Waals surface area contributed by atoms with Crippen LogP contribution in [0.4, 0.5) is 0 Å². The van der Waals surface area contributed by atoms with Gasteiger partial charge in [0.25, 0.3) is 5.56 Å². The molecule has 0 saturated carbocycles. The SMILES string of the molecule is CCCOC(=O)[C@@H](CC)n1cnc2sc3c(c2c1=O)CC[C@H](C)C3. The first kappa shape index (κ1) is 17.1. The van der Waals surface area contributed by atoms with Gasteiger partial charge in [0.05, 0.1) is 18.3 Å². The molecular formula is C18H24N2O3S. The lowest BCUT2D eigenvalue weighted by molar-refractivity contribution is -0.147. The van der Waals surface area contributed by atoms with Gasteiger partial charge >= 0.3 is 5.97 Å². The van der Waals surface area contributed by atoms with Gasteiger partial charge < -0.3 is 4.74 Å². The molecule has 2 heterocycles. The van der Waals surface area contributed by atoms with Crippen LogP contribution in [0.25, 0.3) is 10.2 Å². The van der Waals surface area contributed by atoms with E-state index in [4.69, 9.17) is 4.74 Å². The van der Waals surface area contributed by atoms with Crippen molar-refractivity contribution < 1.29 is 9.53 Å². The second-order valence-corrected chi connectivity index (χ2v) is 7.66. The minimum Gasteiger partial charge on any atom is -0.464 e. The van der Waals surface area contributed by atoms with E-state index < -0.39 is 6.04 Å². The summed E-state index contributed by atoms with van der Waals surface area (Å²) in [5.41, 5.74) is 1.05. The van der Waals surface area contributed by atoms with Crippen molar-refractivity contribution in [2.24, 2.45) is 5.92 Å². The zero-order valence-electron chi connectivity index (χ0n) is 14.5. The zero-order chi connectivity index (χ0) is 17.3. The number of esters is 1. The maximum absolute atomic E-state index is 13.0. The molecule has 5 nitrogen and oxygen atoms in total. The Bertz CT molecular complexity index is 808. The molecule has 0 amide bonds. The number of carbonyl (C=O) groups is 1. The summed E-state index contributed by atoms with van der Waals surface area (Å²) >= 11 is 1.63. The van der Waals surface area contributed by atoms with E-state index in [0.29, 0.717) is 24.3 Å². The van der Waals surface area contributed by atoms with Crippen LogP contribution in [0.1, 0.15) is 56.5 Å². The van der Waals surface area contributed by atoms with Crippen LogP contribution >= 0.6 is 11.3 Å². The molecule has 0 unspecified atom stereocenters. The van der Waals surface area contributed by atoms with E-state index in [2.05, 4.69) is 11.9 Å². The van der Waals surface area contributed by atoms with E-state index >= 15 is 0 Å². The number of hydrogen-bond donors (Lipinski definition) is 0. The average molecular weight is 348 g/mol. The molecule has 0 spiro atoms. The fourth-order valence-corrected chi connectivity index (χ4v) is 4.68. The van der Waals surface area contributed by atoms with Crippen LogP contribution < -0.4 is 5.56 Å². The fourth-order valence-electron chi connectivity index (χ4n) is 3.34. The third kappa shape index (κ3) is 2.99. The quantitative estimate of drug-likeness (QED) is 0.776. The lowest BCUT2D eigenvalue weighted by Gasteiger charge is -2.18. The van der Waals surface area contributed by atoms with Crippen molar-refractivity contribution in [1.82, 2.24) is 9.55 Å². The number of nitrogens with zero attached hydrogens (tertiary/aromatic N) is 2. The number of thiophene rings is 1. The van der Waals surface area contributed by atoms with E-state index in [0.717, 1.165) is 36.1 Å². The van der Waals surface area contributed by atoms with Gasteiger partial charge in [-0.25, -0.2) is 9.78 Å². The Morgan fingerprint density at radius 1 is 1.50 bits per heavy atom. The summed E-state index contributed by atoms with van der Waals surface area (Å²) in [7, 11) is 0. The van der Waals surface area contributed by atoms with E-state index in [1.807, 2.05) is 13.8 Å². The Kier molecular flexibility index (Phi) is 5.04. The average Bonchev–Trinajstić information content (AvgIpc) is 2.93. The molecule has 0 bridgehead atoms. The van der Waals surface area contributed by atoms with Crippen LogP contribution in [0.5, 0.6) is 0 Å². The van der Waals surface area contributed by atoms with Gasteiger partial charge in [-0.2, -0.15) is 0 Å². The molecule has 0 saturated heterocycles. The van der Waals surface area contributed by atoms with Crippen LogP contribution in [0.15, 0.2) is 11.1 Å². The highest BCUT2D eigenvalue weighted by Gasteiger charge is 2.26. The largest absolute Gasteiger partial charge is 0.464 e. The highest BCUT2D eigenvalue weighted by Crippen LogP contribution is 2.35. The summed E-state index contributed by atoms with van der Waals surface area (Å²) in [5.74, 6) is 0.306. The summed E-state index contributed by atoms with van der Waals surface area (Å²) < 4.78 is 6.71. The molecule has 1 aliphatic carbocycles. The summed E-state index contributed by atoms with van der Waals surface area (Å²) in [6, 6.07) is -0.598. The number of hydrogen-bond acceptors (Lipinski definition) is 5. The molecule has 130 valence electrons. The van der Waals surface area contributed by atoms with Crippen molar-refractivity contribution >= 4 is 27.5 Å².